The smallest absolute Gasteiger partial charge is 0.336 e. The summed E-state index contributed by atoms with van der Waals surface area (Å²) in [5.74, 6) is 1.83. The van der Waals surface area contributed by atoms with Crippen molar-refractivity contribution in [3.05, 3.63) is 143 Å². The lowest BCUT2D eigenvalue weighted by Crippen LogP contribution is -1.99. The van der Waals surface area contributed by atoms with E-state index in [1.54, 1.807) is 37.7 Å². The van der Waals surface area contributed by atoms with E-state index in [0.717, 1.165) is 21.2 Å². The Bertz CT molecular complexity index is 1920. The van der Waals surface area contributed by atoms with Crippen LogP contribution in [0.2, 0.25) is 0 Å². The third-order valence-corrected chi connectivity index (χ3v) is 8.06. The zero-order valence-corrected chi connectivity index (χ0v) is 25.2. The lowest BCUT2D eigenvalue weighted by atomic mass is 10.1. The summed E-state index contributed by atoms with van der Waals surface area (Å²) in [4.78, 5) is 17.0. The fraction of sp³-hybridized carbons (Fsp3) is 0.0811. The Morgan fingerprint density at radius 1 is 0.778 bits per heavy atom. The highest BCUT2D eigenvalue weighted by Gasteiger charge is 2.20. The maximum absolute atomic E-state index is 12.4. The van der Waals surface area contributed by atoms with Crippen molar-refractivity contribution in [2.75, 3.05) is 7.11 Å². The molecule has 0 aliphatic carbocycles. The number of hydrogen-bond donors (Lipinski definition) is 1. The first kappa shape index (κ1) is 29.5. The molecule has 1 N–H and O–H groups in total. The normalized spacial score (nSPS) is 11.3. The van der Waals surface area contributed by atoms with Crippen LogP contribution in [0.25, 0.3) is 21.7 Å². The maximum Gasteiger partial charge on any atom is 0.336 e. The number of pyridine rings is 1. The summed E-state index contributed by atoms with van der Waals surface area (Å²) >= 11 is 1.41. The number of methoxy groups -OCH3 is 1. The molecule has 0 amide bonds. The van der Waals surface area contributed by atoms with Crippen molar-refractivity contribution >= 4 is 39.0 Å². The highest BCUT2D eigenvalue weighted by atomic mass is 32.1. The fourth-order valence-corrected chi connectivity index (χ4v) is 5.79. The molecule has 0 fully saturated rings. The molecule has 2 heterocycles. The van der Waals surface area contributed by atoms with E-state index < -0.39 is 5.97 Å². The van der Waals surface area contributed by atoms with Crippen molar-refractivity contribution in [3.8, 4) is 28.7 Å². The molecule has 0 unspecified atom stereocenters. The molecular weight excluding hydrogens is 586 g/mol. The molecule has 2 aromatic heterocycles. The van der Waals surface area contributed by atoms with Gasteiger partial charge in [0.05, 0.1) is 17.6 Å². The molecule has 0 aliphatic heterocycles. The molecule has 224 valence electrons. The molecular formula is C37H29NO6S. The van der Waals surface area contributed by atoms with Gasteiger partial charge in [-0.15, -0.1) is 11.3 Å². The van der Waals surface area contributed by atoms with Crippen LogP contribution < -0.4 is 18.9 Å². The molecule has 0 aliphatic rings. The van der Waals surface area contributed by atoms with Gasteiger partial charge >= 0.3 is 5.97 Å². The van der Waals surface area contributed by atoms with E-state index in [2.05, 4.69) is 4.98 Å². The average Bonchev–Trinajstić information content (AvgIpc) is 3.41. The van der Waals surface area contributed by atoms with Crippen LogP contribution in [-0.2, 0) is 18.0 Å². The van der Waals surface area contributed by atoms with Crippen LogP contribution >= 0.6 is 11.3 Å². The molecule has 6 rings (SSSR count). The Morgan fingerprint density at radius 3 is 2.02 bits per heavy atom. The molecule has 0 radical (unpaired) electrons. The predicted octanol–water partition coefficient (Wildman–Crippen LogP) is 8.88. The zero-order valence-electron chi connectivity index (χ0n) is 24.4. The molecule has 0 bridgehead atoms. The van der Waals surface area contributed by atoms with Gasteiger partial charge in [0.2, 0.25) is 0 Å². The van der Waals surface area contributed by atoms with Crippen LogP contribution in [-0.4, -0.2) is 23.2 Å². The van der Waals surface area contributed by atoms with Crippen molar-refractivity contribution in [2.45, 2.75) is 13.2 Å². The highest BCUT2D eigenvalue weighted by molar-refractivity contribution is 7.20. The van der Waals surface area contributed by atoms with E-state index >= 15 is 0 Å². The minimum Gasteiger partial charge on any atom is -0.493 e. The van der Waals surface area contributed by atoms with Gasteiger partial charge in [-0.3, -0.25) is 4.98 Å². The topological polar surface area (TPSA) is 87.1 Å². The van der Waals surface area contributed by atoms with Crippen LogP contribution in [0.4, 0.5) is 0 Å². The average molecular weight is 616 g/mol. The zero-order chi connectivity index (χ0) is 31.0. The van der Waals surface area contributed by atoms with Gasteiger partial charge in [-0.1, -0.05) is 60.7 Å². The van der Waals surface area contributed by atoms with Gasteiger partial charge in [-0.25, -0.2) is 4.79 Å². The molecule has 0 atom stereocenters. The number of nitrogens with zero attached hydrogens (tertiary/aromatic N) is 1. The molecule has 7 nitrogen and oxygen atoms in total. The summed E-state index contributed by atoms with van der Waals surface area (Å²) < 4.78 is 25.1. The van der Waals surface area contributed by atoms with Gasteiger partial charge in [-0.2, -0.15) is 0 Å². The number of aromatic nitrogens is 1. The molecule has 0 saturated heterocycles. The van der Waals surface area contributed by atoms with Gasteiger partial charge in [-0.05, 0) is 65.2 Å². The largest absolute Gasteiger partial charge is 0.493 e. The van der Waals surface area contributed by atoms with Crippen molar-refractivity contribution in [1.82, 2.24) is 4.98 Å². The molecule has 0 saturated carbocycles. The van der Waals surface area contributed by atoms with Crippen LogP contribution in [0.3, 0.4) is 0 Å². The lowest BCUT2D eigenvalue weighted by molar-refractivity contribution is -0.130. The Morgan fingerprint density at radius 2 is 1.40 bits per heavy atom. The number of thiophene rings is 1. The number of carboxylic acids is 1. The number of rotatable bonds is 12. The van der Waals surface area contributed by atoms with Gasteiger partial charge in [0.15, 0.2) is 17.2 Å². The molecule has 8 heteroatoms. The second-order valence-electron chi connectivity index (χ2n) is 10.0. The fourth-order valence-electron chi connectivity index (χ4n) is 4.70. The number of aliphatic carboxylic acids is 1. The summed E-state index contributed by atoms with van der Waals surface area (Å²) in [6, 6.07) is 34.3. The molecule has 0 spiro atoms. The quantitative estimate of drug-likeness (QED) is 0.138. The molecule has 6 aromatic rings. The lowest BCUT2D eigenvalue weighted by Gasteiger charge is -2.12. The van der Waals surface area contributed by atoms with E-state index in [-0.39, 0.29) is 5.57 Å². The first-order valence-corrected chi connectivity index (χ1v) is 15.0. The minimum atomic E-state index is -1.06. The van der Waals surface area contributed by atoms with Crippen molar-refractivity contribution < 1.29 is 28.8 Å². The number of carboxylic acid groups (broad SMARTS) is 1. The van der Waals surface area contributed by atoms with Gasteiger partial charge < -0.3 is 24.1 Å². The first-order valence-electron chi connectivity index (χ1n) is 14.2. The van der Waals surface area contributed by atoms with E-state index in [9.17, 15) is 9.90 Å². The number of ether oxygens (including phenoxy) is 4. The highest BCUT2D eigenvalue weighted by Crippen LogP contribution is 2.46. The Kier molecular flexibility index (Phi) is 9.03. The van der Waals surface area contributed by atoms with E-state index in [0.29, 0.717) is 52.4 Å². The van der Waals surface area contributed by atoms with Crippen molar-refractivity contribution in [3.63, 3.8) is 0 Å². The minimum absolute atomic E-state index is 0.117. The first-order chi connectivity index (χ1) is 22.1. The summed E-state index contributed by atoms with van der Waals surface area (Å²) in [7, 11) is 1.59. The summed E-state index contributed by atoms with van der Waals surface area (Å²) in [5.41, 5.74) is 2.75. The Labute approximate surface area is 264 Å². The number of benzene rings is 4. The monoisotopic (exact) mass is 615 g/mol. The number of carbonyl (C=O) groups is 1. The third-order valence-electron chi connectivity index (χ3n) is 6.98. The Balaban J connectivity index is 1.36. The number of fused-ring (bicyclic) bond motifs is 1. The molecule has 45 heavy (non-hydrogen) atoms. The second kappa shape index (κ2) is 13.8. The van der Waals surface area contributed by atoms with Crippen LogP contribution in [0.15, 0.2) is 122 Å². The second-order valence-corrected chi connectivity index (χ2v) is 11.1. The predicted molar refractivity (Wildman–Crippen MR) is 176 cm³/mol. The molecule has 4 aromatic carbocycles. The van der Waals surface area contributed by atoms with Crippen molar-refractivity contribution in [2.24, 2.45) is 0 Å². The SMILES string of the molecule is COc1cc2c(Oc3ccc(OCc4ccccc4)cc3)c(/C=C(/C(=O)O)c3ccncc3)sc2cc1OCc1ccccc1. The number of hydrogen-bond acceptors (Lipinski definition) is 7. The summed E-state index contributed by atoms with van der Waals surface area (Å²) in [5, 5.41) is 10.9. The van der Waals surface area contributed by atoms with Crippen LogP contribution in [0, 0.1) is 0 Å². The summed E-state index contributed by atoms with van der Waals surface area (Å²) in [6.45, 7) is 0.820. The van der Waals surface area contributed by atoms with Crippen molar-refractivity contribution in [1.29, 1.82) is 0 Å². The van der Waals surface area contributed by atoms with Gasteiger partial charge in [0.1, 0.15) is 24.7 Å². The third kappa shape index (κ3) is 7.14. The van der Waals surface area contributed by atoms with Crippen LogP contribution in [0.5, 0.6) is 28.7 Å². The van der Waals surface area contributed by atoms with E-state index in [1.165, 1.54) is 11.3 Å². The van der Waals surface area contributed by atoms with Gasteiger partial charge in [0.25, 0.3) is 0 Å². The van der Waals surface area contributed by atoms with Crippen LogP contribution in [0.1, 0.15) is 21.6 Å². The van der Waals surface area contributed by atoms with E-state index in [4.69, 9.17) is 18.9 Å². The maximum atomic E-state index is 12.4. The summed E-state index contributed by atoms with van der Waals surface area (Å²) in [6.07, 6.45) is 4.76. The standard InChI is InChI=1S/C37H29NO6S/c1-41-32-20-31-34(22-33(32)43-24-26-10-6-3-7-11-26)45-35(21-30(37(39)40)27-16-18-38-19-17-27)36(31)44-29-14-12-28(13-15-29)42-23-25-8-4-2-5-9-25/h2-22H,23-24H2,1H3,(H,39,40)/b30-21+. The van der Waals surface area contributed by atoms with Gasteiger partial charge in [0, 0.05) is 28.5 Å². The Hall–Kier alpha value is -5.60. The van der Waals surface area contributed by atoms with E-state index in [1.807, 2.05) is 97.1 Å².